The fourth-order valence-electron chi connectivity index (χ4n) is 2.45. The Morgan fingerprint density at radius 3 is 2.54 bits per heavy atom. The van der Waals surface area contributed by atoms with E-state index in [4.69, 9.17) is 9.47 Å². The number of benzene rings is 2. The average Bonchev–Trinajstić information content (AvgIpc) is 2.55. The first-order valence-corrected chi connectivity index (χ1v) is 9.28. The van der Waals surface area contributed by atoms with Gasteiger partial charge in [0.1, 0.15) is 19.0 Å². The summed E-state index contributed by atoms with van der Waals surface area (Å²) in [7, 11) is -3.64. The molecule has 7 heteroatoms. The number of hydrogen-bond donors (Lipinski definition) is 1. The van der Waals surface area contributed by atoms with E-state index in [1.807, 2.05) is 6.07 Å². The second-order valence-electron chi connectivity index (χ2n) is 5.39. The van der Waals surface area contributed by atoms with E-state index in [0.717, 1.165) is 0 Å². The van der Waals surface area contributed by atoms with Gasteiger partial charge in [-0.1, -0.05) is 30.3 Å². The quantitative estimate of drug-likeness (QED) is 0.895. The van der Waals surface area contributed by atoms with Gasteiger partial charge >= 0.3 is 0 Å². The van der Waals surface area contributed by atoms with Gasteiger partial charge in [0.15, 0.2) is 21.3 Å². The standard InChI is InChI=1S/C17H17NO5S/c19-16(18-14-6-2-1-3-7-14)12-24(20,21)11-13-5-4-8-15-17(13)23-10-9-22-15/h1-8H,9-12H2,(H,18,19). The Hall–Kier alpha value is -2.54. The van der Waals surface area contributed by atoms with Crippen LogP contribution in [0.25, 0.3) is 0 Å². The number of carbonyl (C=O) groups excluding carboxylic acids is 1. The van der Waals surface area contributed by atoms with E-state index in [-0.39, 0.29) is 5.75 Å². The van der Waals surface area contributed by atoms with Crippen molar-refractivity contribution in [3.63, 3.8) is 0 Å². The highest BCUT2D eigenvalue weighted by Gasteiger charge is 2.23. The third-order valence-electron chi connectivity index (χ3n) is 3.43. The molecular weight excluding hydrogens is 330 g/mol. The Morgan fingerprint density at radius 2 is 1.75 bits per heavy atom. The lowest BCUT2D eigenvalue weighted by Gasteiger charge is -2.20. The number of fused-ring (bicyclic) bond motifs is 1. The normalized spacial score (nSPS) is 13.3. The Morgan fingerprint density at radius 1 is 1.00 bits per heavy atom. The first-order valence-electron chi connectivity index (χ1n) is 7.46. The highest BCUT2D eigenvalue weighted by molar-refractivity contribution is 7.91. The van der Waals surface area contributed by atoms with E-state index in [9.17, 15) is 13.2 Å². The molecule has 3 rings (SSSR count). The fraction of sp³-hybridized carbons (Fsp3) is 0.235. The molecule has 1 N–H and O–H groups in total. The van der Waals surface area contributed by atoms with Crippen LogP contribution in [0, 0.1) is 0 Å². The molecule has 1 aliphatic rings. The van der Waals surface area contributed by atoms with Crippen LogP contribution in [0.15, 0.2) is 48.5 Å². The predicted octanol–water partition coefficient (Wildman–Crippen LogP) is 2.01. The highest BCUT2D eigenvalue weighted by Crippen LogP contribution is 2.34. The van der Waals surface area contributed by atoms with Gasteiger partial charge in [0.05, 0.1) is 5.75 Å². The number of anilines is 1. The number of ether oxygens (including phenoxy) is 2. The van der Waals surface area contributed by atoms with Gasteiger partial charge in [-0.25, -0.2) is 8.42 Å². The van der Waals surface area contributed by atoms with E-state index in [1.54, 1.807) is 42.5 Å². The van der Waals surface area contributed by atoms with Crippen LogP contribution in [0.3, 0.4) is 0 Å². The van der Waals surface area contributed by atoms with Crippen LogP contribution in [0.5, 0.6) is 11.5 Å². The van der Waals surface area contributed by atoms with Crippen molar-refractivity contribution in [2.75, 3.05) is 24.3 Å². The van der Waals surface area contributed by atoms with Crippen LogP contribution >= 0.6 is 0 Å². The van der Waals surface area contributed by atoms with E-state index in [2.05, 4.69) is 5.32 Å². The predicted molar refractivity (Wildman–Crippen MR) is 90.0 cm³/mol. The van der Waals surface area contributed by atoms with Crippen molar-refractivity contribution in [1.82, 2.24) is 0 Å². The second kappa shape index (κ2) is 6.92. The van der Waals surface area contributed by atoms with Gasteiger partial charge in [0.25, 0.3) is 0 Å². The fourth-order valence-corrected chi connectivity index (χ4v) is 3.73. The molecule has 0 spiro atoms. The van der Waals surface area contributed by atoms with Crippen molar-refractivity contribution in [2.24, 2.45) is 0 Å². The van der Waals surface area contributed by atoms with Crippen LogP contribution in [0.2, 0.25) is 0 Å². The topological polar surface area (TPSA) is 81.7 Å². The molecular formula is C17H17NO5S. The minimum Gasteiger partial charge on any atom is -0.486 e. The summed E-state index contributed by atoms with van der Waals surface area (Å²) in [5.41, 5.74) is 1.06. The zero-order valence-corrected chi connectivity index (χ0v) is 13.7. The summed E-state index contributed by atoms with van der Waals surface area (Å²) in [4.78, 5) is 12.0. The van der Waals surface area contributed by atoms with Crippen LogP contribution in [-0.2, 0) is 20.4 Å². The van der Waals surface area contributed by atoms with E-state index in [1.165, 1.54) is 0 Å². The smallest absolute Gasteiger partial charge is 0.239 e. The molecule has 24 heavy (non-hydrogen) atoms. The Labute approximate surface area is 140 Å². The molecule has 2 aromatic rings. The molecule has 0 atom stereocenters. The Bertz CT molecular complexity index is 833. The maximum atomic E-state index is 12.3. The monoisotopic (exact) mass is 347 g/mol. The van der Waals surface area contributed by atoms with Crippen molar-refractivity contribution >= 4 is 21.4 Å². The lowest BCUT2D eigenvalue weighted by molar-refractivity contribution is -0.113. The van der Waals surface area contributed by atoms with Crippen molar-refractivity contribution in [2.45, 2.75) is 5.75 Å². The number of rotatable bonds is 5. The molecule has 0 saturated heterocycles. The van der Waals surface area contributed by atoms with Crippen molar-refractivity contribution in [3.05, 3.63) is 54.1 Å². The maximum Gasteiger partial charge on any atom is 0.239 e. The molecule has 0 saturated carbocycles. The van der Waals surface area contributed by atoms with Gasteiger partial charge in [-0.3, -0.25) is 4.79 Å². The molecule has 0 unspecified atom stereocenters. The summed E-state index contributed by atoms with van der Waals surface area (Å²) in [6, 6.07) is 13.8. The Balaban J connectivity index is 1.69. The SMILES string of the molecule is O=C(CS(=O)(=O)Cc1cccc2c1OCCO2)Nc1ccccc1. The summed E-state index contributed by atoms with van der Waals surface area (Å²) >= 11 is 0. The van der Waals surface area contributed by atoms with Gasteiger partial charge < -0.3 is 14.8 Å². The van der Waals surface area contributed by atoms with Crippen molar-refractivity contribution in [3.8, 4) is 11.5 Å². The van der Waals surface area contributed by atoms with Gasteiger partial charge in [0.2, 0.25) is 5.91 Å². The number of hydrogen-bond acceptors (Lipinski definition) is 5. The van der Waals surface area contributed by atoms with E-state index < -0.39 is 21.5 Å². The molecule has 126 valence electrons. The summed E-state index contributed by atoms with van der Waals surface area (Å²) in [5.74, 6) is -0.463. The maximum absolute atomic E-state index is 12.3. The van der Waals surface area contributed by atoms with Crippen LogP contribution < -0.4 is 14.8 Å². The van der Waals surface area contributed by atoms with Gasteiger partial charge in [-0.2, -0.15) is 0 Å². The average molecular weight is 347 g/mol. The molecule has 1 amide bonds. The van der Waals surface area contributed by atoms with Crippen LogP contribution in [0.4, 0.5) is 5.69 Å². The van der Waals surface area contributed by atoms with E-state index in [0.29, 0.717) is 36.0 Å². The molecule has 6 nitrogen and oxygen atoms in total. The molecule has 0 aliphatic carbocycles. The third kappa shape index (κ3) is 4.05. The lowest BCUT2D eigenvalue weighted by atomic mass is 10.2. The number of sulfone groups is 1. The third-order valence-corrected chi connectivity index (χ3v) is 4.88. The van der Waals surface area contributed by atoms with Gasteiger partial charge in [-0.15, -0.1) is 0 Å². The molecule has 1 heterocycles. The molecule has 1 aliphatic heterocycles. The molecule has 0 radical (unpaired) electrons. The Kier molecular flexibility index (Phi) is 4.71. The van der Waals surface area contributed by atoms with E-state index >= 15 is 0 Å². The van der Waals surface area contributed by atoms with Crippen molar-refractivity contribution < 1.29 is 22.7 Å². The van der Waals surface area contributed by atoms with Gasteiger partial charge in [-0.05, 0) is 18.2 Å². The summed E-state index contributed by atoms with van der Waals surface area (Å²) < 4.78 is 35.6. The number of amides is 1. The van der Waals surface area contributed by atoms with Gasteiger partial charge in [0, 0.05) is 11.3 Å². The molecule has 0 fully saturated rings. The van der Waals surface area contributed by atoms with Crippen LogP contribution in [-0.4, -0.2) is 33.3 Å². The van der Waals surface area contributed by atoms with Crippen molar-refractivity contribution in [1.29, 1.82) is 0 Å². The lowest BCUT2D eigenvalue weighted by Crippen LogP contribution is -2.24. The molecule has 2 aromatic carbocycles. The molecule has 0 aromatic heterocycles. The van der Waals surface area contributed by atoms with Crippen LogP contribution in [0.1, 0.15) is 5.56 Å². The summed E-state index contributed by atoms with van der Waals surface area (Å²) in [6.07, 6.45) is 0. The summed E-state index contributed by atoms with van der Waals surface area (Å²) in [6.45, 7) is 0.807. The first-order chi connectivity index (χ1) is 11.5. The number of nitrogens with one attached hydrogen (secondary N) is 1. The number of carbonyl (C=O) groups is 1. The molecule has 0 bridgehead atoms. The second-order valence-corrected chi connectivity index (χ2v) is 7.45. The zero-order chi connectivity index (χ0) is 17.0. The first kappa shape index (κ1) is 16.3. The minimum absolute atomic E-state index is 0.276. The minimum atomic E-state index is -3.64. The summed E-state index contributed by atoms with van der Waals surface area (Å²) in [5, 5.41) is 2.57. The highest BCUT2D eigenvalue weighted by atomic mass is 32.2. The number of para-hydroxylation sites is 2. The zero-order valence-electron chi connectivity index (χ0n) is 12.9. The largest absolute Gasteiger partial charge is 0.486 e.